The molecule has 4 aromatic rings. The summed E-state index contributed by atoms with van der Waals surface area (Å²) in [4.78, 5) is 18.0. The van der Waals surface area contributed by atoms with Crippen LogP contribution in [-0.4, -0.2) is 16.5 Å². The van der Waals surface area contributed by atoms with Crippen LogP contribution in [0.15, 0.2) is 47.3 Å². The van der Waals surface area contributed by atoms with Gasteiger partial charge in [-0.2, -0.15) is 0 Å². The number of hydrogen-bond donors (Lipinski definition) is 0. The van der Waals surface area contributed by atoms with E-state index in [2.05, 4.69) is 4.98 Å². The first-order valence-corrected chi connectivity index (χ1v) is 8.05. The second-order valence-electron chi connectivity index (χ2n) is 5.36. The van der Waals surface area contributed by atoms with E-state index in [0.29, 0.717) is 4.53 Å². The lowest BCUT2D eigenvalue weighted by atomic mass is 10.1. The zero-order chi connectivity index (χ0) is 16.0. The Hall–Kier alpha value is -2.66. The summed E-state index contributed by atoms with van der Waals surface area (Å²) in [6, 6.07) is 13.5. The highest BCUT2D eigenvalue weighted by Gasteiger charge is 2.10. The summed E-state index contributed by atoms with van der Waals surface area (Å²) in [6.45, 7) is 2.01. The van der Waals surface area contributed by atoms with Crippen LogP contribution >= 0.6 is 11.3 Å². The van der Waals surface area contributed by atoms with Gasteiger partial charge in [0.2, 0.25) is 0 Å². The van der Waals surface area contributed by atoms with E-state index in [-0.39, 0.29) is 5.56 Å². The Kier molecular flexibility index (Phi) is 3.16. The van der Waals surface area contributed by atoms with Gasteiger partial charge in [0.1, 0.15) is 5.75 Å². The fraction of sp³-hybridized carbons (Fsp3) is 0.111. The molecule has 0 saturated heterocycles. The van der Waals surface area contributed by atoms with E-state index in [0.717, 1.165) is 32.9 Å². The minimum atomic E-state index is -0.0195. The van der Waals surface area contributed by atoms with E-state index in [9.17, 15) is 4.79 Å². The topological polar surface area (TPSA) is 43.6 Å². The van der Waals surface area contributed by atoms with E-state index in [1.54, 1.807) is 11.5 Å². The van der Waals surface area contributed by atoms with Crippen LogP contribution in [0.5, 0.6) is 5.75 Å². The van der Waals surface area contributed by atoms with E-state index in [1.165, 1.54) is 11.3 Å². The van der Waals surface area contributed by atoms with Gasteiger partial charge in [0.25, 0.3) is 5.56 Å². The third kappa shape index (κ3) is 2.21. The standard InChI is InChI=1S/C18H14N2O2S/c1-11-9-13(22-2)8-7-12(11)10-16-17(21)20-15-6-4-3-5-14(15)19-18(20)23-16/h3-10H,1-2H3/b16-10-. The smallest absolute Gasteiger partial charge is 0.274 e. The van der Waals surface area contributed by atoms with Gasteiger partial charge in [-0.1, -0.05) is 29.5 Å². The van der Waals surface area contributed by atoms with Gasteiger partial charge in [0.05, 0.1) is 22.7 Å². The van der Waals surface area contributed by atoms with Crippen LogP contribution in [-0.2, 0) is 0 Å². The van der Waals surface area contributed by atoms with Crippen molar-refractivity contribution < 1.29 is 4.74 Å². The van der Waals surface area contributed by atoms with Crippen LogP contribution in [0.4, 0.5) is 0 Å². The maximum atomic E-state index is 12.7. The molecule has 0 radical (unpaired) electrons. The van der Waals surface area contributed by atoms with Crippen molar-refractivity contribution in [3.8, 4) is 5.75 Å². The maximum absolute atomic E-state index is 12.7. The molecule has 0 saturated carbocycles. The molecule has 0 aliphatic rings. The Morgan fingerprint density at radius 1 is 1.22 bits per heavy atom. The van der Waals surface area contributed by atoms with Crippen molar-refractivity contribution in [1.82, 2.24) is 9.38 Å². The van der Waals surface area contributed by atoms with Gasteiger partial charge in [-0.3, -0.25) is 4.79 Å². The minimum Gasteiger partial charge on any atom is -0.497 e. The Bertz CT molecular complexity index is 1140. The molecule has 0 unspecified atom stereocenters. The lowest BCUT2D eigenvalue weighted by Gasteiger charge is -2.03. The highest BCUT2D eigenvalue weighted by molar-refractivity contribution is 7.15. The Morgan fingerprint density at radius 2 is 2.04 bits per heavy atom. The van der Waals surface area contributed by atoms with Crippen molar-refractivity contribution in [1.29, 1.82) is 0 Å². The van der Waals surface area contributed by atoms with Gasteiger partial charge in [-0.15, -0.1) is 0 Å². The van der Waals surface area contributed by atoms with Gasteiger partial charge in [-0.05, 0) is 48.4 Å². The van der Waals surface area contributed by atoms with Crippen LogP contribution in [0.1, 0.15) is 11.1 Å². The van der Waals surface area contributed by atoms with Crippen LogP contribution in [0.3, 0.4) is 0 Å². The van der Waals surface area contributed by atoms with E-state index in [4.69, 9.17) is 4.74 Å². The summed E-state index contributed by atoms with van der Waals surface area (Å²) >= 11 is 1.42. The Balaban J connectivity index is 1.96. The molecule has 0 aliphatic carbocycles. The van der Waals surface area contributed by atoms with Gasteiger partial charge in [0, 0.05) is 0 Å². The molecular weight excluding hydrogens is 308 g/mol. The first-order valence-electron chi connectivity index (χ1n) is 7.24. The van der Waals surface area contributed by atoms with Crippen LogP contribution < -0.4 is 14.8 Å². The van der Waals surface area contributed by atoms with E-state index in [1.807, 2.05) is 55.5 Å². The van der Waals surface area contributed by atoms with Crippen molar-refractivity contribution in [2.45, 2.75) is 6.92 Å². The van der Waals surface area contributed by atoms with Gasteiger partial charge in [-0.25, -0.2) is 9.38 Å². The summed E-state index contributed by atoms with van der Waals surface area (Å²) < 4.78 is 7.59. The predicted molar refractivity (Wildman–Crippen MR) is 93.4 cm³/mol. The average molecular weight is 322 g/mol. The number of hydrogen-bond acceptors (Lipinski definition) is 4. The summed E-state index contributed by atoms with van der Waals surface area (Å²) in [5.74, 6) is 0.814. The van der Waals surface area contributed by atoms with Crippen molar-refractivity contribution in [3.05, 3.63) is 68.5 Å². The third-order valence-electron chi connectivity index (χ3n) is 3.91. The molecule has 4 rings (SSSR count). The predicted octanol–water partition coefficient (Wildman–Crippen LogP) is 2.77. The van der Waals surface area contributed by atoms with Crippen molar-refractivity contribution in [3.63, 3.8) is 0 Å². The molecule has 2 aromatic heterocycles. The number of benzene rings is 2. The first-order chi connectivity index (χ1) is 11.2. The summed E-state index contributed by atoms with van der Waals surface area (Å²) in [6.07, 6.45) is 1.92. The first kappa shape index (κ1) is 14.0. The normalized spacial score (nSPS) is 12.3. The lowest BCUT2D eigenvalue weighted by molar-refractivity contribution is 0.414. The van der Waals surface area contributed by atoms with E-state index < -0.39 is 0 Å². The number of ether oxygens (including phenoxy) is 1. The number of rotatable bonds is 2. The summed E-state index contributed by atoms with van der Waals surface area (Å²) in [5.41, 5.74) is 3.77. The number of nitrogens with zero attached hydrogens (tertiary/aromatic N) is 2. The van der Waals surface area contributed by atoms with Crippen molar-refractivity contribution >= 4 is 33.4 Å². The molecule has 0 amide bonds. The average Bonchev–Trinajstić information content (AvgIpc) is 3.06. The number of methoxy groups -OCH3 is 1. The molecule has 2 aromatic carbocycles. The molecule has 0 spiro atoms. The Morgan fingerprint density at radius 3 is 2.83 bits per heavy atom. The van der Waals surface area contributed by atoms with Crippen LogP contribution in [0.2, 0.25) is 0 Å². The fourth-order valence-electron chi connectivity index (χ4n) is 2.69. The molecular formula is C18H14N2O2S. The zero-order valence-corrected chi connectivity index (χ0v) is 13.6. The van der Waals surface area contributed by atoms with Gasteiger partial charge < -0.3 is 4.74 Å². The summed E-state index contributed by atoms with van der Waals surface area (Å²) in [7, 11) is 1.65. The monoisotopic (exact) mass is 322 g/mol. The highest BCUT2D eigenvalue weighted by atomic mass is 32.1. The second kappa shape index (κ2) is 5.21. The van der Waals surface area contributed by atoms with Gasteiger partial charge >= 0.3 is 0 Å². The SMILES string of the molecule is COc1ccc(/C=c2\sc3nc4ccccc4n3c2=O)c(C)c1. The largest absolute Gasteiger partial charge is 0.497 e. The molecule has 23 heavy (non-hydrogen) atoms. The molecule has 4 nitrogen and oxygen atoms in total. The van der Waals surface area contributed by atoms with Crippen molar-refractivity contribution in [2.75, 3.05) is 7.11 Å². The quantitative estimate of drug-likeness (QED) is 0.570. The molecule has 0 bridgehead atoms. The van der Waals surface area contributed by atoms with Gasteiger partial charge in [0.15, 0.2) is 4.96 Å². The zero-order valence-electron chi connectivity index (χ0n) is 12.7. The van der Waals surface area contributed by atoms with Crippen molar-refractivity contribution in [2.24, 2.45) is 0 Å². The summed E-state index contributed by atoms with van der Waals surface area (Å²) in [5, 5.41) is 0. The molecule has 2 heterocycles. The molecule has 0 fully saturated rings. The second-order valence-corrected chi connectivity index (χ2v) is 6.37. The van der Waals surface area contributed by atoms with Crippen LogP contribution in [0, 0.1) is 6.92 Å². The Labute approximate surface area is 136 Å². The number of fused-ring (bicyclic) bond motifs is 3. The lowest BCUT2D eigenvalue weighted by Crippen LogP contribution is -2.22. The molecule has 5 heteroatoms. The highest BCUT2D eigenvalue weighted by Crippen LogP contribution is 2.18. The van der Waals surface area contributed by atoms with Crippen LogP contribution in [0.25, 0.3) is 22.1 Å². The number of para-hydroxylation sites is 2. The fourth-order valence-corrected chi connectivity index (χ4v) is 3.67. The molecule has 0 aliphatic heterocycles. The molecule has 0 atom stereocenters. The number of aromatic nitrogens is 2. The molecule has 0 N–H and O–H groups in total. The molecule has 114 valence electrons. The number of thiazole rings is 1. The maximum Gasteiger partial charge on any atom is 0.274 e. The van der Waals surface area contributed by atoms with E-state index >= 15 is 0 Å². The minimum absolute atomic E-state index is 0.0195. The number of imidazole rings is 1. The number of aryl methyl sites for hydroxylation is 1. The third-order valence-corrected chi connectivity index (χ3v) is 4.88.